The van der Waals surface area contributed by atoms with Crippen LogP contribution in [0.1, 0.15) is 20.3 Å². The molecule has 0 aromatic carbocycles. The van der Waals surface area contributed by atoms with Crippen molar-refractivity contribution < 1.29 is 27.4 Å². The summed E-state index contributed by atoms with van der Waals surface area (Å²) < 4.78 is 47.0. The van der Waals surface area contributed by atoms with Crippen LogP contribution in [0.15, 0.2) is 0 Å². The maximum Gasteiger partial charge on any atom is 0.490 e. The van der Waals surface area contributed by atoms with E-state index in [1.54, 1.807) is 25.8 Å². The summed E-state index contributed by atoms with van der Waals surface area (Å²) in [5.74, 6) is -1.65. The van der Waals surface area contributed by atoms with Crippen LogP contribution in [0.25, 0.3) is 0 Å². The molecule has 1 fully saturated rings. The third-order valence-corrected chi connectivity index (χ3v) is 3.44. The van der Waals surface area contributed by atoms with E-state index in [2.05, 4.69) is 25.6 Å². The fourth-order valence-corrected chi connectivity index (χ4v) is 2.39. The van der Waals surface area contributed by atoms with E-state index >= 15 is 0 Å². The van der Waals surface area contributed by atoms with E-state index in [0.717, 1.165) is 0 Å². The van der Waals surface area contributed by atoms with Gasteiger partial charge in [-0.3, -0.25) is 0 Å². The lowest BCUT2D eigenvalue weighted by Gasteiger charge is -2.22. The van der Waals surface area contributed by atoms with Crippen molar-refractivity contribution in [2.45, 2.75) is 38.7 Å². The molecule has 1 aliphatic rings. The number of ether oxygens (including phenoxy) is 2. The predicted molar refractivity (Wildman–Crippen MR) is 87.7 cm³/mol. The Hall–Kier alpha value is -2.50. The lowest BCUT2D eigenvalue weighted by Crippen LogP contribution is -2.32. The van der Waals surface area contributed by atoms with Crippen molar-refractivity contribution >= 4 is 23.3 Å². The Morgan fingerprint density at radius 2 is 2.08 bits per heavy atom. The van der Waals surface area contributed by atoms with Gasteiger partial charge in [-0.15, -0.1) is 0 Å². The third kappa shape index (κ3) is 4.77. The monoisotopic (exact) mass is 378 g/mol. The number of carbonyl (C=O) groups excluding carboxylic acids is 1. The lowest BCUT2D eigenvalue weighted by atomic mass is 10.3. The van der Waals surface area contributed by atoms with Crippen LogP contribution >= 0.6 is 0 Å². The summed E-state index contributed by atoms with van der Waals surface area (Å²) in [7, 11) is 1.62. The summed E-state index contributed by atoms with van der Waals surface area (Å²) >= 11 is 0. The van der Waals surface area contributed by atoms with E-state index in [1.165, 1.54) is 0 Å². The second-order valence-corrected chi connectivity index (χ2v) is 5.89. The van der Waals surface area contributed by atoms with Gasteiger partial charge in [-0.2, -0.15) is 23.1 Å². The Kier molecular flexibility index (Phi) is 5.95. The van der Waals surface area contributed by atoms with Crippen molar-refractivity contribution in [2.75, 3.05) is 36.2 Å². The van der Waals surface area contributed by atoms with Gasteiger partial charge in [0.2, 0.25) is 0 Å². The highest BCUT2D eigenvalue weighted by Gasteiger charge is 2.43. The van der Waals surface area contributed by atoms with Crippen molar-refractivity contribution in [3.63, 3.8) is 0 Å². The minimum atomic E-state index is -5.02. The molecule has 2 heterocycles. The number of hydrogen-bond donors (Lipinski definition) is 3. The van der Waals surface area contributed by atoms with Crippen LogP contribution in [0.3, 0.4) is 0 Å². The number of carbonyl (C=O) groups is 1. The summed E-state index contributed by atoms with van der Waals surface area (Å²) in [6.07, 6.45) is -5.90. The second-order valence-electron chi connectivity index (χ2n) is 5.89. The van der Waals surface area contributed by atoms with Gasteiger partial charge in [-0.25, -0.2) is 10.2 Å². The number of halogens is 3. The number of nitrogens with one attached hydrogen (secondary N) is 2. The quantitative estimate of drug-likeness (QED) is 0.494. The average molecular weight is 378 g/mol. The zero-order valence-corrected chi connectivity index (χ0v) is 14.6. The molecule has 1 aromatic rings. The maximum absolute atomic E-state index is 12.3. The average Bonchev–Trinajstić information content (AvgIpc) is 2.97. The Balaban J connectivity index is 2.19. The van der Waals surface area contributed by atoms with Crippen LogP contribution in [0, 0.1) is 0 Å². The Labute approximate surface area is 148 Å². The summed E-state index contributed by atoms with van der Waals surface area (Å²) in [5.41, 5.74) is 11.7. The number of rotatable bonds is 6. The molecule has 12 heteroatoms. The van der Waals surface area contributed by atoms with Crippen LogP contribution in [0.4, 0.5) is 30.5 Å². The molecule has 1 atom stereocenters. The molecule has 0 bridgehead atoms. The molecule has 146 valence electrons. The van der Waals surface area contributed by atoms with E-state index in [-0.39, 0.29) is 36.6 Å². The van der Waals surface area contributed by atoms with Gasteiger partial charge in [0, 0.05) is 20.0 Å². The number of esters is 1. The van der Waals surface area contributed by atoms with Gasteiger partial charge in [-0.1, -0.05) is 0 Å². The molecule has 0 aliphatic carbocycles. The van der Waals surface area contributed by atoms with Crippen molar-refractivity contribution in [1.82, 2.24) is 15.4 Å². The number of nitrogen functional groups attached to an aromatic ring is 1. The number of hydrogen-bond acceptors (Lipinski definition) is 9. The smallest absolute Gasteiger partial charge is 0.461 e. The standard InChI is InChI=1S/C14H21F3N6O3/c1-7(2)25-13-20-10(22-19-3)9(18)11(21-13)23-5-4-8(6-23)26-12(24)14(15,16)17/h7-8,19H,4-6,18H2,1-3H3,(H,20,21,22)/t8-/m0/s1. The molecule has 0 spiro atoms. The highest BCUT2D eigenvalue weighted by molar-refractivity contribution is 5.77. The van der Waals surface area contributed by atoms with Gasteiger partial charge in [0.1, 0.15) is 11.8 Å². The minimum absolute atomic E-state index is 0.0309. The Bertz CT molecular complexity index is 656. The molecule has 0 radical (unpaired) electrons. The molecule has 0 saturated carbocycles. The lowest BCUT2D eigenvalue weighted by molar-refractivity contribution is -0.203. The minimum Gasteiger partial charge on any atom is -0.461 e. The molecule has 4 N–H and O–H groups in total. The Morgan fingerprint density at radius 1 is 1.38 bits per heavy atom. The van der Waals surface area contributed by atoms with Crippen LogP contribution in [-0.2, 0) is 9.53 Å². The predicted octanol–water partition coefficient (Wildman–Crippen LogP) is 1.08. The first-order chi connectivity index (χ1) is 12.1. The first-order valence-electron chi connectivity index (χ1n) is 7.91. The molecule has 1 aromatic heterocycles. The topological polar surface area (TPSA) is 115 Å². The van der Waals surface area contributed by atoms with E-state index < -0.39 is 18.2 Å². The summed E-state index contributed by atoms with van der Waals surface area (Å²) in [5, 5.41) is 0. The molecular formula is C14H21F3N6O3. The second kappa shape index (κ2) is 7.81. The summed E-state index contributed by atoms with van der Waals surface area (Å²) in [6, 6.07) is 0.0673. The van der Waals surface area contributed by atoms with Gasteiger partial charge < -0.3 is 25.5 Å². The summed E-state index contributed by atoms with van der Waals surface area (Å²) in [4.78, 5) is 21.0. The molecular weight excluding hydrogens is 357 g/mol. The van der Waals surface area contributed by atoms with Gasteiger partial charge in [0.25, 0.3) is 0 Å². The van der Waals surface area contributed by atoms with Crippen molar-refractivity contribution in [3.8, 4) is 6.01 Å². The van der Waals surface area contributed by atoms with Crippen LogP contribution in [0.2, 0.25) is 0 Å². The van der Waals surface area contributed by atoms with E-state index in [4.69, 9.17) is 10.5 Å². The molecule has 9 nitrogen and oxygen atoms in total. The molecule has 2 rings (SSSR count). The Morgan fingerprint density at radius 3 is 2.65 bits per heavy atom. The van der Waals surface area contributed by atoms with Gasteiger partial charge in [0.05, 0.1) is 12.6 Å². The van der Waals surface area contributed by atoms with Crippen molar-refractivity contribution in [3.05, 3.63) is 0 Å². The molecule has 1 saturated heterocycles. The first kappa shape index (κ1) is 19.8. The fourth-order valence-electron chi connectivity index (χ4n) is 2.39. The molecule has 26 heavy (non-hydrogen) atoms. The first-order valence-corrected chi connectivity index (χ1v) is 7.91. The maximum atomic E-state index is 12.3. The number of nitrogens with two attached hydrogens (primary N) is 1. The summed E-state index contributed by atoms with van der Waals surface area (Å²) in [6.45, 7) is 3.94. The number of aromatic nitrogens is 2. The van der Waals surface area contributed by atoms with Gasteiger partial charge in [0.15, 0.2) is 11.6 Å². The zero-order valence-electron chi connectivity index (χ0n) is 14.6. The largest absolute Gasteiger partial charge is 0.490 e. The SMILES string of the molecule is CNNc1nc(OC(C)C)nc(N2CC[C@H](OC(=O)C(F)(F)F)C2)c1N. The normalized spacial score (nSPS) is 17.5. The highest BCUT2D eigenvalue weighted by atomic mass is 19.4. The van der Waals surface area contributed by atoms with E-state index in [9.17, 15) is 18.0 Å². The molecule has 0 unspecified atom stereocenters. The molecule has 1 aliphatic heterocycles. The highest BCUT2D eigenvalue weighted by Crippen LogP contribution is 2.32. The van der Waals surface area contributed by atoms with Crippen LogP contribution < -0.4 is 26.2 Å². The fraction of sp³-hybridized carbons (Fsp3) is 0.643. The van der Waals surface area contributed by atoms with Crippen molar-refractivity contribution in [1.29, 1.82) is 0 Å². The van der Waals surface area contributed by atoms with Crippen LogP contribution in [0.5, 0.6) is 6.01 Å². The number of anilines is 3. The van der Waals surface area contributed by atoms with E-state index in [1.807, 2.05) is 0 Å². The number of nitrogens with zero attached hydrogens (tertiary/aromatic N) is 3. The van der Waals surface area contributed by atoms with Gasteiger partial charge >= 0.3 is 18.2 Å². The molecule has 0 amide bonds. The van der Waals surface area contributed by atoms with Gasteiger partial charge in [-0.05, 0) is 13.8 Å². The zero-order chi connectivity index (χ0) is 19.5. The van der Waals surface area contributed by atoms with E-state index in [0.29, 0.717) is 12.4 Å². The van der Waals surface area contributed by atoms with Crippen molar-refractivity contribution in [2.24, 2.45) is 0 Å². The number of alkyl halides is 3. The van der Waals surface area contributed by atoms with Crippen LogP contribution in [-0.4, -0.2) is 54.5 Å². The number of hydrazine groups is 1. The third-order valence-electron chi connectivity index (χ3n) is 3.44.